The molecule has 10 heteroatoms. The number of carboxylic acids is 1. The number of carbonyl (C=O) groups is 2. The molecule has 0 radical (unpaired) electrons. The Balaban J connectivity index is 1.79. The van der Waals surface area contributed by atoms with E-state index in [1.807, 2.05) is 12.1 Å². The molecule has 36 heavy (non-hydrogen) atoms. The number of carbonyl (C=O) groups excluding carboxylic acids is 1. The van der Waals surface area contributed by atoms with Gasteiger partial charge < -0.3 is 5.11 Å². The maximum Gasteiger partial charge on any atom is 0.324 e. The van der Waals surface area contributed by atoms with Crippen molar-refractivity contribution in [2.75, 3.05) is 10.8 Å². The van der Waals surface area contributed by atoms with Gasteiger partial charge in [-0.25, -0.2) is 8.42 Å². The van der Waals surface area contributed by atoms with E-state index in [1.54, 1.807) is 42.6 Å². The van der Waals surface area contributed by atoms with Crippen LogP contribution in [-0.4, -0.2) is 36.8 Å². The predicted octanol–water partition coefficient (Wildman–Crippen LogP) is 5.64. The minimum absolute atomic E-state index is 0.0926. The first-order chi connectivity index (χ1) is 17.2. The van der Waals surface area contributed by atoms with E-state index in [1.165, 1.54) is 24.3 Å². The summed E-state index contributed by atoms with van der Waals surface area (Å²) in [5.41, 5.74) is 1.31. The lowest BCUT2D eigenvalue weighted by molar-refractivity contribution is -0.135. The molecule has 4 aromatic rings. The van der Waals surface area contributed by atoms with Crippen LogP contribution in [-0.2, 0) is 21.2 Å². The van der Waals surface area contributed by atoms with Crippen molar-refractivity contribution in [2.24, 2.45) is 0 Å². The number of aliphatic carboxylic acids is 1. The highest BCUT2D eigenvalue weighted by atomic mass is 35.5. The molecule has 0 bridgehead atoms. The third-order valence-corrected chi connectivity index (χ3v) is 7.68. The number of halogens is 2. The van der Waals surface area contributed by atoms with Gasteiger partial charge >= 0.3 is 5.97 Å². The fourth-order valence-corrected chi connectivity index (χ4v) is 6.06. The normalized spacial score (nSPS) is 11.4. The van der Waals surface area contributed by atoms with Crippen LogP contribution >= 0.6 is 23.2 Å². The van der Waals surface area contributed by atoms with Crippen molar-refractivity contribution in [1.82, 2.24) is 4.98 Å². The largest absolute Gasteiger partial charge is 0.480 e. The summed E-state index contributed by atoms with van der Waals surface area (Å²) in [6, 6.07) is 19.0. The van der Waals surface area contributed by atoms with E-state index in [2.05, 4.69) is 4.98 Å². The molecule has 4 rings (SSSR count). The topological polar surface area (TPSA) is 105 Å². The van der Waals surface area contributed by atoms with E-state index in [9.17, 15) is 23.1 Å². The van der Waals surface area contributed by atoms with Crippen molar-refractivity contribution >= 4 is 61.4 Å². The summed E-state index contributed by atoms with van der Waals surface area (Å²) < 4.78 is 27.9. The molecule has 0 saturated heterocycles. The van der Waals surface area contributed by atoms with Gasteiger partial charge in [-0.15, -0.1) is 0 Å². The number of hydrogen-bond acceptors (Lipinski definition) is 5. The summed E-state index contributed by atoms with van der Waals surface area (Å²) in [5.74, 6) is -1.50. The van der Waals surface area contributed by atoms with Gasteiger partial charge in [0.2, 0.25) is 0 Å². The second-order valence-corrected chi connectivity index (χ2v) is 10.7. The minimum atomic E-state index is -4.37. The molecule has 0 spiro atoms. The molecule has 0 unspecified atom stereocenters. The average molecular weight is 543 g/mol. The lowest BCUT2D eigenvalue weighted by atomic mass is 9.97. The zero-order chi connectivity index (χ0) is 25.9. The van der Waals surface area contributed by atoms with Gasteiger partial charge in [-0.3, -0.25) is 18.9 Å². The number of fused-ring (bicyclic) bond motifs is 1. The number of aromatic nitrogens is 1. The number of pyridine rings is 1. The molecule has 184 valence electrons. The standard InChI is InChI=1S/C26H20Cl2N2O5S/c27-17-13-18(28)15-20(14-17)36(34,35)30(16-26(32)33)24-9-4-6-21-22(24)7-3-8-23(21)25(31)11-10-19-5-1-2-12-29-19/h1-9,12-15H,10-11,16H2,(H,32,33). The molecule has 1 heterocycles. The van der Waals surface area contributed by atoms with Gasteiger partial charge in [0.15, 0.2) is 5.78 Å². The zero-order valence-corrected chi connectivity index (χ0v) is 21.1. The van der Waals surface area contributed by atoms with Crippen molar-refractivity contribution < 1.29 is 23.1 Å². The van der Waals surface area contributed by atoms with Crippen LogP contribution in [0.5, 0.6) is 0 Å². The van der Waals surface area contributed by atoms with Crippen LogP contribution in [0, 0.1) is 0 Å². The number of carboxylic acid groups (broad SMARTS) is 1. The van der Waals surface area contributed by atoms with E-state index in [0.29, 0.717) is 22.8 Å². The highest BCUT2D eigenvalue weighted by Gasteiger charge is 2.29. The van der Waals surface area contributed by atoms with Gasteiger partial charge in [0, 0.05) is 39.3 Å². The molecule has 0 saturated carbocycles. The molecule has 0 aliphatic rings. The van der Waals surface area contributed by atoms with Crippen molar-refractivity contribution in [1.29, 1.82) is 0 Å². The Morgan fingerprint density at radius 2 is 1.58 bits per heavy atom. The molecule has 0 atom stereocenters. The van der Waals surface area contributed by atoms with E-state index in [-0.39, 0.29) is 32.8 Å². The van der Waals surface area contributed by atoms with Crippen molar-refractivity contribution in [3.63, 3.8) is 0 Å². The molecule has 0 amide bonds. The van der Waals surface area contributed by atoms with Gasteiger partial charge in [0.1, 0.15) is 6.54 Å². The van der Waals surface area contributed by atoms with Gasteiger partial charge in [-0.05, 0) is 48.2 Å². The number of rotatable bonds is 9. The third-order valence-electron chi connectivity index (χ3n) is 5.51. The summed E-state index contributed by atoms with van der Waals surface area (Å²) in [4.78, 5) is 28.8. The Labute approximate surface area is 218 Å². The van der Waals surface area contributed by atoms with Crippen molar-refractivity contribution in [2.45, 2.75) is 17.7 Å². The SMILES string of the molecule is O=C(O)CN(c1cccc2c(C(=O)CCc3ccccn3)cccc12)S(=O)(=O)c1cc(Cl)cc(Cl)c1. The van der Waals surface area contributed by atoms with Crippen LogP contribution in [0.3, 0.4) is 0 Å². The second-order valence-electron chi connectivity index (χ2n) is 7.93. The molecule has 0 fully saturated rings. The molecule has 1 aromatic heterocycles. The number of ketones is 1. The Bertz CT molecular complexity index is 1540. The molecule has 0 aliphatic carbocycles. The third kappa shape index (κ3) is 5.51. The fourth-order valence-electron chi connectivity index (χ4n) is 3.90. The Kier molecular flexibility index (Phi) is 7.59. The summed E-state index contributed by atoms with van der Waals surface area (Å²) in [6.45, 7) is -0.844. The summed E-state index contributed by atoms with van der Waals surface area (Å²) >= 11 is 12.0. The van der Waals surface area contributed by atoms with Crippen LogP contribution in [0.25, 0.3) is 10.8 Å². The number of hydrogen-bond donors (Lipinski definition) is 1. The van der Waals surface area contributed by atoms with Crippen LogP contribution in [0.4, 0.5) is 5.69 Å². The number of aryl methyl sites for hydroxylation is 1. The Morgan fingerprint density at radius 3 is 2.25 bits per heavy atom. The molecule has 1 N–H and O–H groups in total. The number of nitrogens with zero attached hydrogens (tertiary/aromatic N) is 2. The lowest BCUT2D eigenvalue weighted by Crippen LogP contribution is -2.36. The molecule has 0 aliphatic heterocycles. The van der Waals surface area contributed by atoms with Crippen LogP contribution in [0.1, 0.15) is 22.5 Å². The number of Topliss-reactive ketones (excluding diaryl/α,β-unsaturated/α-hetero) is 1. The highest BCUT2D eigenvalue weighted by Crippen LogP contribution is 2.34. The first kappa shape index (κ1) is 25.6. The van der Waals surface area contributed by atoms with E-state index < -0.39 is 22.5 Å². The maximum absolute atomic E-state index is 13.6. The minimum Gasteiger partial charge on any atom is -0.480 e. The molecule has 3 aromatic carbocycles. The Hall–Kier alpha value is -3.46. The van der Waals surface area contributed by atoms with Gasteiger partial charge in [0.25, 0.3) is 10.0 Å². The first-order valence-electron chi connectivity index (χ1n) is 10.8. The van der Waals surface area contributed by atoms with Crippen LogP contribution in [0.15, 0.2) is 83.9 Å². The van der Waals surface area contributed by atoms with Gasteiger partial charge in [-0.2, -0.15) is 0 Å². The van der Waals surface area contributed by atoms with Crippen molar-refractivity contribution in [3.05, 3.63) is 100 Å². The predicted molar refractivity (Wildman–Crippen MR) is 139 cm³/mol. The molecular formula is C26H20Cl2N2O5S. The first-order valence-corrected chi connectivity index (χ1v) is 13.0. The monoisotopic (exact) mass is 542 g/mol. The van der Waals surface area contributed by atoms with Crippen LogP contribution < -0.4 is 4.31 Å². The number of sulfonamides is 1. The maximum atomic E-state index is 13.6. The van der Waals surface area contributed by atoms with Gasteiger partial charge in [0.05, 0.1) is 10.6 Å². The van der Waals surface area contributed by atoms with E-state index in [0.717, 1.165) is 10.00 Å². The van der Waals surface area contributed by atoms with E-state index in [4.69, 9.17) is 23.2 Å². The van der Waals surface area contributed by atoms with Crippen LogP contribution in [0.2, 0.25) is 10.0 Å². The summed E-state index contributed by atoms with van der Waals surface area (Å²) in [6.07, 6.45) is 2.32. The smallest absolute Gasteiger partial charge is 0.324 e. The van der Waals surface area contributed by atoms with E-state index >= 15 is 0 Å². The lowest BCUT2D eigenvalue weighted by Gasteiger charge is -2.25. The number of benzene rings is 3. The fraction of sp³-hybridized carbons (Fsp3) is 0.115. The Morgan fingerprint density at radius 1 is 0.889 bits per heavy atom. The quantitative estimate of drug-likeness (QED) is 0.274. The molecular weight excluding hydrogens is 523 g/mol. The summed E-state index contributed by atoms with van der Waals surface area (Å²) in [7, 11) is -4.37. The average Bonchev–Trinajstić information content (AvgIpc) is 2.85. The highest BCUT2D eigenvalue weighted by molar-refractivity contribution is 7.92. The van der Waals surface area contributed by atoms with Gasteiger partial charge in [-0.1, -0.05) is 59.6 Å². The molecule has 7 nitrogen and oxygen atoms in total. The number of anilines is 1. The summed E-state index contributed by atoms with van der Waals surface area (Å²) in [5, 5.41) is 10.7. The second kappa shape index (κ2) is 10.7. The van der Waals surface area contributed by atoms with Crippen molar-refractivity contribution in [3.8, 4) is 0 Å². The zero-order valence-electron chi connectivity index (χ0n) is 18.8.